The Morgan fingerprint density at radius 1 is 0.919 bits per heavy atom. The molecule has 0 saturated carbocycles. The minimum atomic E-state index is -5.08. The van der Waals surface area contributed by atoms with Gasteiger partial charge in [0.15, 0.2) is 0 Å². The second kappa shape index (κ2) is 12.8. The molecule has 1 aliphatic rings. The summed E-state index contributed by atoms with van der Waals surface area (Å²) in [7, 11) is 0. The van der Waals surface area contributed by atoms with E-state index in [2.05, 4.69) is 19.9 Å². The Balaban J connectivity index is 0.000000286. The van der Waals surface area contributed by atoms with Crippen LogP contribution >= 0.6 is 0 Å². The summed E-state index contributed by atoms with van der Waals surface area (Å²) in [6.45, 7) is 2.93. The number of carboxylic acids is 2. The lowest BCUT2D eigenvalue weighted by Gasteiger charge is -2.18. The van der Waals surface area contributed by atoms with Gasteiger partial charge in [-0.05, 0) is 24.6 Å². The first-order valence-electron chi connectivity index (χ1n) is 10.4. The van der Waals surface area contributed by atoms with Gasteiger partial charge in [-0.15, -0.1) is 0 Å². The Morgan fingerprint density at radius 3 is 2.00 bits per heavy atom. The van der Waals surface area contributed by atoms with Gasteiger partial charge >= 0.3 is 24.3 Å². The van der Waals surface area contributed by atoms with Crippen molar-refractivity contribution < 1.29 is 50.6 Å². The third-order valence-electron chi connectivity index (χ3n) is 4.80. The standard InChI is InChI=1S/C18H18N4O.2C2HF3O2/c1-6-19-7-2-15(1)18-16-3-8-22(11-14-5-10-23-12-14)9-4-17(16)20-13-21-18;2*3-2(4,5)1(6)7/h1-2,5-7,10,12-13H,3-4,8-9,11H2;2*(H,6,7). The molecule has 4 heterocycles. The van der Waals surface area contributed by atoms with Crippen LogP contribution in [-0.4, -0.2) is 67.4 Å². The molecule has 3 aromatic heterocycles. The van der Waals surface area contributed by atoms with Crippen molar-refractivity contribution in [1.29, 1.82) is 0 Å². The maximum absolute atomic E-state index is 10.6. The Hall–Kier alpha value is -4.01. The van der Waals surface area contributed by atoms with Crippen molar-refractivity contribution in [2.24, 2.45) is 0 Å². The van der Waals surface area contributed by atoms with Crippen LogP contribution in [0.15, 0.2) is 53.9 Å². The highest BCUT2D eigenvalue weighted by Gasteiger charge is 2.38. The Labute approximate surface area is 205 Å². The van der Waals surface area contributed by atoms with Gasteiger partial charge in [0.2, 0.25) is 0 Å². The average molecular weight is 534 g/mol. The predicted molar refractivity (Wildman–Crippen MR) is 114 cm³/mol. The number of aliphatic carboxylic acids is 2. The molecule has 0 bridgehead atoms. The molecule has 9 nitrogen and oxygen atoms in total. The Bertz CT molecular complexity index is 1130. The zero-order valence-electron chi connectivity index (χ0n) is 18.8. The van der Waals surface area contributed by atoms with Crippen molar-refractivity contribution >= 4 is 11.9 Å². The zero-order valence-corrected chi connectivity index (χ0v) is 18.8. The monoisotopic (exact) mass is 534 g/mol. The molecule has 3 aromatic rings. The first kappa shape index (κ1) is 29.2. The van der Waals surface area contributed by atoms with Gasteiger partial charge in [-0.1, -0.05) is 0 Å². The van der Waals surface area contributed by atoms with Gasteiger partial charge in [0.25, 0.3) is 0 Å². The second-order valence-corrected chi connectivity index (χ2v) is 7.40. The fourth-order valence-corrected chi connectivity index (χ4v) is 3.13. The van der Waals surface area contributed by atoms with Crippen molar-refractivity contribution in [1.82, 2.24) is 19.9 Å². The summed E-state index contributed by atoms with van der Waals surface area (Å²) in [6.07, 6.45) is 0.604. The van der Waals surface area contributed by atoms with Crippen LogP contribution in [0.5, 0.6) is 0 Å². The van der Waals surface area contributed by atoms with Crippen LogP contribution in [0.1, 0.15) is 16.8 Å². The van der Waals surface area contributed by atoms with Crippen LogP contribution in [-0.2, 0) is 29.0 Å². The fourth-order valence-electron chi connectivity index (χ4n) is 3.13. The topological polar surface area (TPSA) is 130 Å². The van der Waals surface area contributed by atoms with E-state index in [0.29, 0.717) is 0 Å². The quantitative estimate of drug-likeness (QED) is 0.479. The van der Waals surface area contributed by atoms with E-state index in [1.807, 2.05) is 36.9 Å². The SMILES string of the molecule is O=C(O)C(F)(F)F.O=C(O)C(F)(F)F.c1cc(-c2ncnc3c2CCN(Cc2ccoc2)CC3)ccn1. The van der Waals surface area contributed by atoms with Crippen LogP contribution in [0.25, 0.3) is 11.3 Å². The summed E-state index contributed by atoms with van der Waals surface area (Å²) in [6, 6.07) is 6.05. The predicted octanol–water partition coefficient (Wildman–Crippen LogP) is 4.00. The van der Waals surface area contributed by atoms with Crippen LogP contribution in [0.3, 0.4) is 0 Å². The molecule has 200 valence electrons. The number of halogens is 6. The first-order valence-corrected chi connectivity index (χ1v) is 10.4. The van der Waals surface area contributed by atoms with E-state index in [4.69, 9.17) is 24.2 Å². The van der Waals surface area contributed by atoms with E-state index in [-0.39, 0.29) is 0 Å². The minimum absolute atomic E-state index is 0.919. The molecular formula is C22H20F6N4O5. The molecule has 0 aromatic carbocycles. The number of carboxylic acid groups (broad SMARTS) is 2. The molecule has 0 aliphatic carbocycles. The molecule has 0 unspecified atom stereocenters. The maximum Gasteiger partial charge on any atom is 0.490 e. The van der Waals surface area contributed by atoms with E-state index >= 15 is 0 Å². The summed E-state index contributed by atoms with van der Waals surface area (Å²) in [5, 5.41) is 14.2. The van der Waals surface area contributed by atoms with E-state index in [9.17, 15) is 26.3 Å². The number of alkyl halides is 6. The summed E-state index contributed by atoms with van der Waals surface area (Å²) in [4.78, 5) is 33.4. The van der Waals surface area contributed by atoms with Crippen LogP contribution in [0.2, 0.25) is 0 Å². The van der Waals surface area contributed by atoms with Crippen LogP contribution in [0.4, 0.5) is 26.3 Å². The number of hydrogen-bond acceptors (Lipinski definition) is 7. The fraction of sp³-hybridized carbons (Fsp3) is 0.318. The summed E-state index contributed by atoms with van der Waals surface area (Å²) in [5.41, 5.74) is 5.82. The second-order valence-electron chi connectivity index (χ2n) is 7.40. The van der Waals surface area contributed by atoms with Gasteiger partial charge in [0, 0.05) is 60.8 Å². The molecule has 15 heteroatoms. The molecule has 2 N–H and O–H groups in total. The van der Waals surface area contributed by atoms with Gasteiger partial charge < -0.3 is 14.6 Å². The van der Waals surface area contributed by atoms with Gasteiger partial charge in [0.1, 0.15) is 6.33 Å². The Morgan fingerprint density at radius 2 is 1.49 bits per heavy atom. The molecule has 0 spiro atoms. The molecular weight excluding hydrogens is 514 g/mol. The number of hydrogen-bond donors (Lipinski definition) is 2. The van der Waals surface area contributed by atoms with E-state index < -0.39 is 24.3 Å². The van der Waals surface area contributed by atoms with Gasteiger partial charge in [-0.2, -0.15) is 26.3 Å². The number of pyridine rings is 1. The molecule has 0 radical (unpaired) electrons. The number of rotatable bonds is 3. The van der Waals surface area contributed by atoms with E-state index in [1.54, 1.807) is 12.6 Å². The highest BCUT2D eigenvalue weighted by atomic mass is 19.4. The highest BCUT2D eigenvalue weighted by Crippen LogP contribution is 2.25. The normalized spacial score (nSPS) is 13.7. The lowest BCUT2D eigenvalue weighted by atomic mass is 10.0. The van der Waals surface area contributed by atoms with Crippen molar-refractivity contribution in [3.63, 3.8) is 0 Å². The third-order valence-corrected chi connectivity index (χ3v) is 4.80. The van der Waals surface area contributed by atoms with Crippen LogP contribution < -0.4 is 0 Å². The van der Waals surface area contributed by atoms with E-state index in [0.717, 1.165) is 43.7 Å². The third kappa shape index (κ3) is 9.51. The summed E-state index contributed by atoms with van der Waals surface area (Å²) in [5.74, 6) is -5.51. The zero-order chi connectivity index (χ0) is 27.6. The minimum Gasteiger partial charge on any atom is -0.475 e. The number of fused-ring (bicyclic) bond motifs is 1. The van der Waals surface area contributed by atoms with Crippen LogP contribution in [0, 0.1) is 0 Å². The maximum atomic E-state index is 10.6. The van der Waals surface area contributed by atoms with Gasteiger partial charge in [-0.25, -0.2) is 19.6 Å². The first-order chi connectivity index (χ1) is 17.3. The Kier molecular flexibility index (Phi) is 10.1. The molecule has 0 saturated heterocycles. The molecule has 1 aliphatic heterocycles. The molecule has 0 fully saturated rings. The lowest BCUT2D eigenvalue weighted by Crippen LogP contribution is -2.25. The largest absolute Gasteiger partial charge is 0.490 e. The van der Waals surface area contributed by atoms with Gasteiger partial charge in [0.05, 0.1) is 18.2 Å². The number of nitrogens with zero attached hydrogens (tertiary/aromatic N) is 4. The number of furan rings is 1. The molecule has 0 amide bonds. The summed E-state index contributed by atoms with van der Waals surface area (Å²) >= 11 is 0. The van der Waals surface area contributed by atoms with E-state index in [1.165, 1.54) is 16.8 Å². The summed E-state index contributed by atoms with van der Waals surface area (Å²) < 4.78 is 68.6. The number of carbonyl (C=O) groups is 2. The van der Waals surface area contributed by atoms with Crippen molar-refractivity contribution in [3.05, 3.63) is 66.3 Å². The number of aromatic nitrogens is 3. The van der Waals surface area contributed by atoms with Crippen molar-refractivity contribution in [3.8, 4) is 11.3 Å². The molecule has 4 rings (SSSR count). The molecule has 37 heavy (non-hydrogen) atoms. The molecule has 0 atom stereocenters. The highest BCUT2D eigenvalue weighted by molar-refractivity contribution is 5.73. The van der Waals surface area contributed by atoms with Crippen molar-refractivity contribution in [2.45, 2.75) is 31.7 Å². The lowest BCUT2D eigenvalue weighted by molar-refractivity contribution is -0.193. The van der Waals surface area contributed by atoms with Crippen molar-refractivity contribution in [2.75, 3.05) is 13.1 Å². The smallest absolute Gasteiger partial charge is 0.475 e. The average Bonchev–Trinajstić information content (AvgIpc) is 3.25. The van der Waals surface area contributed by atoms with Gasteiger partial charge in [-0.3, -0.25) is 9.88 Å².